The summed E-state index contributed by atoms with van der Waals surface area (Å²) in [5.41, 5.74) is 0. The number of hydrogen-bond donors (Lipinski definition) is 2. The van der Waals surface area contributed by atoms with Gasteiger partial charge in [-0.05, 0) is 12.8 Å². The van der Waals surface area contributed by atoms with Crippen LogP contribution in [0.15, 0.2) is 0 Å². The molecule has 0 aliphatic heterocycles. The van der Waals surface area contributed by atoms with Crippen LogP contribution in [0, 0.1) is 0 Å². The summed E-state index contributed by atoms with van der Waals surface area (Å²) in [7, 11) is 0. The molecular weight excluding hydrogens is 114 g/mol. The summed E-state index contributed by atoms with van der Waals surface area (Å²) in [6.45, 7) is 0. The molecule has 1 aliphatic carbocycles. The lowest BCUT2D eigenvalue weighted by atomic mass is 9.96. The van der Waals surface area contributed by atoms with Crippen molar-refractivity contribution in [2.45, 2.75) is 38.1 Å². The van der Waals surface area contributed by atoms with Gasteiger partial charge in [-0.15, -0.1) is 0 Å². The Morgan fingerprint density at radius 3 is 1.89 bits per heavy atom. The molecule has 0 aromatic heterocycles. The molecule has 1 fully saturated rings. The number of nitrogens with zero attached hydrogens (tertiary/aromatic N) is 1. The van der Waals surface area contributed by atoms with Crippen LogP contribution in [0.1, 0.15) is 32.1 Å². The third-order valence-corrected chi connectivity index (χ3v) is 2.00. The molecule has 0 aromatic carbocycles. The fourth-order valence-corrected chi connectivity index (χ4v) is 1.38. The van der Waals surface area contributed by atoms with Crippen molar-refractivity contribution in [2.24, 2.45) is 11.7 Å². The minimum absolute atomic E-state index is 0.443. The first-order valence-electron chi connectivity index (χ1n) is 3.59. The molecular formula is C6H15N3. The number of rotatable bonds is 1. The van der Waals surface area contributed by atoms with Crippen LogP contribution in [0.3, 0.4) is 0 Å². The zero-order valence-electron chi connectivity index (χ0n) is 5.71. The molecule has 1 rings (SSSR count). The van der Waals surface area contributed by atoms with Crippen LogP contribution < -0.4 is 11.7 Å². The molecule has 9 heavy (non-hydrogen) atoms. The smallest absolute Gasteiger partial charge is 0.0395 e. The Morgan fingerprint density at radius 2 is 1.56 bits per heavy atom. The van der Waals surface area contributed by atoms with E-state index in [1.807, 2.05) is 0 Å². The summed E-state index contributed by atoms with van der Waals surface area (Å²) in [5.74, 6) is 10.8. The molecule has 3 heteroatoms. The van der Waals surface area contributed by atoms with E-state index in [4.69, 9.17) is 11.7 Å². The lowest BCUT2D eigenvalue weighted by Crippen LogP contribution is -2.47. The predicted molar refractivity (Wildman–Crippen MR) is 37.1 cm³/mol. The van der Waals surface area contributed by atoms with Gasteiger partial charge in [0.05, 0.1) is 0 Å². The second-order valence-corrected chi connectivity index (χ2v) is 2.74. The lowest BCUT2D eigenvalue weighted by Gasteiger charge is -2.26. The van der Waals surface area contributed by atoms with Crippen molar-refractivity contribution in [3.05, 3.63) is 0 Å². The Balaban J connectivity index is 2.23. The van der Waals surface area contributed by atoms with E-state index < -0.39 is 0 Å². The van der Waals surface area contributed by atoms with E-state index in [0.717, 1.165) is 0 Å². The average Bonchev–Trinajstić information content (AvgIpc) is 1.90. The first-order valence-corrected chi connectivity index (χ1v) is 3.59. The third-order valence-electron chi connectivity index (χ3n) is 2.00. The van der Waals surface area contributed by atoms with Crippen LogP contribution in [0.2, 0.25) is 0 Å². The van der Waals surface area contributed by atoms with Crippen LogP contribution >= 0.6 is 0 Å². The molecule has 0 unspecified atom stereocenters. The van der Waals surface area contributed by atoms with Gasteiger partial charge in [-0.3, -0.25) is 11.7 Å². The van der Waals surface area contributed by atoms with Gasteiger partial charge in [-0.25, -0.2) is 0 Å². The molecule has 0 spiro atoms. The van der Waals surface area contributed by atoms with Crippen LogP contribution in [-0.4, -0.2) is 11.2 Å². The minimum atomic E-state index is 0.443. The zero-order chi connectivity index (χ0) is 6.69. The van der Waals surface area contributed by atoms with Crippen molar-refractivity contribution in [1.82, 2.24) is 5.12 Å². The summed E-state index contributed by atoms with van der Waals surface area (Å²) >= 11 is 0. The molecule has 0 saturated heterocycles. The van der Waals surface area contributed by atoms with Crippen molar-refractivity contribution in [3.8, 4) is 0 Å². The highest BCUT2D eigenvalue weighted by Gasteiger charge is 2.15. The predicted octanol–water partition coefficient (Wildman–Crippen LogP) is 0.368. The fourth-order valence-electron chi connectivity index (χ4n) is 1.38. The highest BCUT2D eigenvalue weighted by atomic mass is 15.6. The normalized spacial score (nSPS) is 23.0. The maximum Gasteiger partial charge on any atom is 0.0395 e. The van der Waals surface area contributed by atoms with Gasteiger partial charge < -0.3 is 0 Å². The van der Waals surface area contributed by atoms with Crippen molar-refractivity contribution in [2.75, 3.05) is 0 Å². The van der Waals surface area contributed by atoms with Gasteiger partial charge in [-0.1, -0.05) is 19.3 Å². The average molecular weight is 129 g/mol. The maximum absolute atomic E-state index is 5.38. The number of hydrogen-bond acceptors (Lipinski definition) is 3. The standard InChI is InChI=1S/C6H15N3/c7-9(8)6-4-2-1-3-5-6/h6H,1-5,7-8H2. The highest BCUT2D eigenvalue weighted by molar-refractivity contribution is 4.68. The van der Waals surface area contributed by atoms with Gasteiger partial charge >= 0.3 is 0 Å². The van der Waals surface area contributed by atoms with Crippen molar-refractivity contribution in [3.63, 3.8) is 0 Å². The zero-order valence-corrected chi connectivity index (χ0v) is 5.71. The summed E-state index contributed by atoms with van der Waals surface area (Å²) in [6.07, 6.45) is 6.27. The van der Waals surface area contributed by atoms with E-state index >= 15 is 0 Å². The summed E-state index contributed by atoms with van der Waals surface area (Å²) in [4.78, 5) is 0. The first-order chi connectivity index (χ1) is 4.30. The SMILES string of the molecule is NN(N)C1CCCCC1. The van der Waals surface area contributed by atoms with E-state index in [1.54, 1.807) is 0 Å². The van der Waals surface area contributed by atoms with Crippen LogP contribution in [0.5, 0.6) is 0 Å². The van der Waals surface area contributed by atoms with Crippen molar-refractivity contribution >= 4 is 0 Å². The van der Waals surface area contributed by atoms with Gasteiger partial charge in [0.15, 0.2) is 0 Å². The monoisotopic (exact) mass is 129 g/mol. The molecule has 0 radical (unpaired) electrons. The number of hydrazine groups is 2. The van der Waals surface area contributed by atoms with Crippen molar-refractivity contribution < 1.29 is 0 Å². The Bertz CT molecular complexity index is 76.4. The van der Waals surface area contributed by atoms with E-state index in [0.29, 0.717) is 6.04 Å². The topological polar surface area (TPSA) is 55.3 Å². The molecule has 4 N–H and O–H groups in total. The molecule has 0 atom stereocenters. The fraction of sp³-hybridized carbons (Fsp3) is 1.00. The quantitative estimate of drug-likeness (QED) is 0.397. The van der Waals surface area contributed by atoms with Gasteiger partial charge in [0.1, 0.15) is 0 Å². The third kappa shape index (κ3) is 1.93. The first kappa shape index (κ1) is 6.99. The van der Waals surface area contributed by atoms with E-state index in [2.05, 4.69) is 0 Å². The van der Waals surface area contributed by atoms with Gasteiger partial charge in [-0.2, -0.15) is 5.12 Å². The van der Waals surface area contributed by atoms with E-state index in [-0.39, 0.29) is 0 Å². The van der Waals surface area contributed by atoms with E-state index in [9.17, 15) is 0 Å². The van der Waals surface area contributed by atoms with Gasteiger partial charge in [0, 0.05) is 6.04 Å². The minimum Gasteiger partial charge on any atom is -0.255 e. The second-order valence-electron chi connectivity index (χ2n) is 2.74. The largest absolute Gasteiger partial charge is 0.255 e. The Morgan fingerprint density at radius 1 is 1.00 bits per heavy atom. The molecule has 0 aromatic rings. The molecule has 0 bridgehead atoms. The van der Waals surface area contributed by atoms with Gasteiger partial charge in [0.2, 0.25) is 0 Å². The number of nitrogens with two attached hydrogens (primary N) is 2. The molecule has 0 amide bonds. The molecule has 1 saturated carbocycles. The second kappa shape index (κ2) is 3.15. The summed E-state index contributed by atoms with van der Waals surface area (Å²) < 4.78 is 0. The molecule has 1 aliphatic rings. The summed E-state index contributed by atoms with van der Waals surface area (Å²) in [6, 6.07) is 0.443. The molecule has 3 nitrogen and oxygen atoms in total. The summed E-state index contributed by atoms with van der Waals surface area (Å²) in [5, 5.41) is 1.36. The lowest BCUT2D eigenvalue weighted by molar-refractivity contribution is 0.161. The van der Waals surface area contributed by atoms with Gasteiger partial charge in [0.25, 0.3) is 0 Å². The molecule has 54 valence electrons. The highest BCUT2D eigenvalue weighted by Crippen LogP contribution is 2.18. The van der Waals surface area contributed by atoms with E-state index in [1.165, 1.54) is 37.2 Å². The molecule has 0 heterocycles. The Labute approximate surface area is 55.9 Å². The van der Waals surface area contributed by atoms with Crippen LogP contribution in [0.4, 0.5) is 0 Å². The van der Waals surface area contributed by atoms with Crippen molar-refractivity contribution in [1.29, 1.82) is 0 Å². The Kier molecular flexibility index (Phi) is 2.45. The maximum atomic E-state index is 5.38. The van der Waals surface area contributed by atoms with Crippen LogP contribution in [0.25, 0.3) is 0 Å². The van der Waals surface area contributed by atoms with Crippen LogP contribution in [-0.2, 0) is 0 Å². The Hall–Kier alpha value is -0.120.